The highest BCUT2D eigenvalue weighted by Crippen LogP contribution is 2.58. The summed E-state index contributed by atoms with van der Waals surface area (Å²) in [5.74, 6) is 0. The van der Waals surface area contributed by atoms with Gasteiger partial charge in [-0.05, 0) is 45.2 Å². The standard InChI is InChI=1S/C69H109NP2Si4/c1-13-43-73(44-14-2,45-15-3)66-39-35-62(36-40-66)71(63-37-41-67(42-38-63)74(46-16-4,47-17-5)48-18-6)70(61-55-59-29-25-26-30-60(59)56-61)72(64-31-27-33-68(57-64)75(49-19-7,50-20-8)51-21-9)65-32-28-34-69(58-65)76(52-22-10,53-23-11)54-24-12/h25-42,57-58,61H,13-24,43-56H2,1-12H3. The molecule has 0 amide bonds. The van der Waals surface area contributed by atoms with Crippen LogP contribution in [0, 0.1) is 0 Å². The lowest BCUT2D eigenvalue weighted by Gasteiger charge is -2.44. The van der Waals surface area contributed by atoms with Gasteiger partial charge in [0, 0.05) is 22.2 Å². The third-order valence-electron chi connectivity index (χ3n) is 18.4. The van der Waals surface area contributed by atoms with Crippen LogP contribution >= 0.6 is 16.1 Å². The highest BCUT2D eigenvalue weighted by atomic mass is 31.2. The molecule has 7 heteroatoms. The third kappa shape index (κ3) is 14.6. The van der Waals surface area contributed by atoms with Crippen molar-refractivity contribution in [2.45, 2.75) is 252 Å². The lowest BCUT2D eigenvalue weighted by atomic mass is 10.1. The zero-order chi connectivity index (χ0) is 54.6. The normalized spacial score (nSPS) is 13.7. The second-order valence-electron chi connectivity index (χ2n) is 24.1. The first-order valence-corrected chi connectivity index (χ1v) is 45.0. The maximum Gasteiger partial charge on any atom is 0.0867 e. The summed E-state index contributed by atoms with van der Waals surface area (Å²) in [5.41, 5.74) is 3.14. The van der Waals surface area contributed by atoms with E-state index in [1.807, 2.05) is 0 Å². The molecule has 0 radical (unpaired) electrons. The maximum absolute atomic E-state index is 3.29. The molecule has 76 heavy (non-hydrogen) atoms. The third-order valence-corrected chi connectivity index (χ3v) is 47.7. The fourth-order valence-electron chi connectivity index (χ4n) is 15.7. The SMILES string of the molecule is CCC[Si](CCC)(CCC)c1ccc(P(c2ccc([Si](CCC)(CCC)CCC)cc2)N(C2Cc3ccccc3C2)P(c2cccc([Si](CCC)(CCC)CCC)c2)c2cccc([Si](CCC)(CCC)CCC)c2)cc1. The van der Waals surface area contributed by atoms with E-state index in [0.29, 0.717) is 6.04 Å². The van der Waals surface area contributed by atoms with E-state index in [2.05, 4.69) is 209 Å². The van der Waals surface area contributed by atoms with Crippen molar-refractivity contribution in [3.05, 3.63) is 132 Å². The minimum Gasteiger partial charge on any atom is -0.241 e. The molecule has 0 aliphatic heterocycles. The summed E-state index contributed by atoms with van der Waals surface area (Å²) in [7, 11) is -8.80. The Kier molecular flexibility index (Phi) is 25.8. The smallest absolute Gasteiger partial charge is 0.0867 e. The van der Waals surface area contributed by atoms with Gasteiger partial charge in [-0.15, -0.1) is 0 Å². The van der Waals surface area contributed by atoms with Crippen LogP contribution in [0.5, 0.6) is 0 Å². The molecule has 0 unspecified atom stereocenters. The molecule has 0 spiro atoms. The Hall–Kier alpha value is -2.21. The molecule has 5 aromatic rings. The second kappa shape index (κ2) is 31.1. The van der Waals surface area contributed by atoms with Crippen LogP contribution in [0.3, 0.4) is 0 Å². The van der Waals surface area contributed by atoms with E-state index in [1.165, 1.54) is 150 Å². The summed E-state index contributed by atoms with van der Waals surface area (Å²) in [4.78, 5) is 0. The van der Waals surface area contributed by atoms with Crippen molar-refractivity contribution in [2.24, 2.45) is 0 Å². The summed E-state index contributed by atoms with van der Waals surface area (Å²) < 4.78 is 3.29. The van der Waals surface area contributed by atoms with Crippen LogP contribution in [0.4, 0.5) is 0 Å². The second-order valence-corrected chi connectivity index (χ2v) is 47.1. The Labute approximate surface area is 475 Å². The number of hydrogen-bond acceptors (Lipinski definition) is 1. The Morgan fingerprint density at radius 3 is 0.842 bits per heavy atom. The van der Waals surface area contributed by atoms with Crippen LogP contribution in [-0.4, -0.2) is 42.8 Å². The Balaban J connectivity index is 1.75. The lowest BCUT2D eigenvalue weighted by molar-refractivity contribution is 0.519. The van der Waals surface area contributed by atoms with E-state index in [1.54, 1.807) is 53.1 Å². The van der Waals surface area contributed by atoms with Gasteiger partial charge in [0.05, 0.1) is 32.3 Å². The van der Waals surface area contributed by atoms with Gasteiger partial charge in [0.25, 0.3) is 0 Å². The van der Waals surface area contributed by atoms with Crippen molar-refractivity contribution in [3.63, 3.8) is 0 Å². The van der Waals surface area contributed by atoms with E-state index in [0.717, 1.165) is 12.8 Å². The molecule has 0 saturated carbocycles. The Bertz CT molecular complexity index is 2220. The number of nitrogens with zero attached hydrogens (tertiary/aromatic N) is 1. The first kappa shape index (κ1) is 63.0. The summed E-state index contributed by atoms with van der Waals surface area (Å²) >= 11 is 0. The number of benzene rings is 5. The molecule has 5 aromatic carbocycles. The van der Waals surface area contributed by atoms with Crippen LogP contribution in [0.15, 0.2) is 121 Å². The van der Waals surface area contributed by atoms with Gasteiger partial charge in [-0.25, -0.2) is 4.44 Å². The van der Waals surface area contributed by atoms with E-state index < -0.39 is 48.4 Å². The van der Waals surface area contributed by atoms with Gasteiger partial charge in [-0.1, -0.05) is 375 Å². The lowest BCUT2D eigenvalue weighted by Crippen LogP contribution is -2.49. The predicted molar refractivity (Wildman–Crippen MR) is 360 cm³/mol. The molecule has 6 rings (SSSR count). The molecular weight excluding hydrogens is 1020 g/mol. The molecule has 0 heterocycles. The van der Waals surface area contributed by atoms with E-state index in [4.69, 9.17) is 0 Å². The summed E-state index contributed by atoms with van der Waals surface area (Å²) in [6.45, 7) is 29.5. The van der Waals surface area contributed by atoms with Crippen molar-refractivity contribution in [2.75, 3.05) is 0 Å². The van der Waals surface area contributed by atoms with Crippen LogP contribution in [-0.2, 0) is 12.8 Å². The Morgan fingerprint density at radius 2 is 0.566 bits per heavy atom. The van der Waals surface area contributed by atoms with Gasteiger partial charge in [-0.3, -0.25) is 0 Å². The molecule has 1 aliphatic carbocycles. The van der Waals surface area contributed by atoms with Crippen LogP contribution in [0.1, 0.15) is 171 Å². The van der Waals surface area contributed by atoms with Gasteiger partial charge in [0.2, 0.25) is 0 Å². The van der Waals surface area contributed by atoms with Gasteiger partial charge in [-0.2, -0.15) is 0 Å². The quantitative estimate of drug-likeness (QED) is 0.0289. The topological polar surface area (TPSA) is 3.24 Å². The minimum absolute atomic E-state index is 0.386. The van der Waals surface area contributed by atoms with Gasteiger partial charge in [0.1, 0.15) is 0 Å². The fourth-order valence-corrected chi connectivity index (χ4v) is 43.8. The minimum atomic E-state index is -1.77. The Morgan fingerprint density at radius 1 is 0.303 bits per heavy atom. The van der Waals surface area contributed by atoms with Crippen molar-refractivity contribution >= 4 is 90.4 Å². The monoisotopic (exact) mass is 1130 g/mol. The maximum atomic E-state index is 3.29. The summed E-state index contributed by atoms with van der Waals surface area (Å²) in [5, 5.41) is 13.3. The predicted octanol–water partition coefficient (Wildman–Crippen LogP) is 18.1. The molecule has 0 fully saturated rings. The number of fused-ring (bicyclic) bond motifs is 1. The molecule has 0 aromatic heterocycles. The number of rotatable bonds is 35. The first-order valence-electron chi connectivity index (χ1n) is 31.9. The van der Waals surface area contributed by atoms with Crippen LogP contribution in [0.25, 0.3) is 0 Å². The molecular formula is C69H109NP2Si4. The molecule has 0 N–H and O–H groups in total. The van der Waals surface area contributed by atoms with E-state index in [9.17, 15) is 0 Å². The highest BCUT2D eigenvalue weighted by Gasteiger charge is 2.43. The van der Waals surface area contributed by atoms with Crippen molar-refractivity contribution < 1.29 is 0 Å². The molecule has 0 atom stereocenters. The van der Waals surface area contributed by atoms with Gasteiger partial charge in [0.15, 0.2) is 0 Å². The van der Waals surface area contributed by atoms with Crippen LogP contribution < -0.4 is 42.0 Å². The molecule has 0 bridgehead atoms. The average Bonchev–Trinajstić information content (AvgIpc) is 3.87. The van der Waals surface area contributed by atoms with Gasteiger partial charge >= 0.3 is 0 Å². The average molecular weight is 1130 g/mol. The fraction of sp³-hybridized carbons (Fsp3) is 0.565. The summed E-state index contributed by atoms with van der Waals surface area (Å²) in [6.07, 6.45) is 17.7. The van der Waals surface area contributed by atoms with E-state index >= 15 is 0 Å². The van der Waals surface area contributed by atoms with Crippen molar-refractivity contribution in [1.82, 2.24) is 4.44 Å². The van der Waals surface area contributed by atoms with Crippen molar-refractivity contribution in [1.29, 1.82) is 0 Å². The van der Waals surface area contributed by atoms with E-state index in [-0.39, 0.29) is 0 Å². The number of hydrogen-bond donors (Lipinski definition) is 0. The van der Waals surface area contributed by atoms with Crippen molar-refractivity contribution in [3.8, 4) is 0 Å². The zero-order valence-electron chi connectivity index (χ0n) is 50.9. The molecule has 0 saturated heterocycles. The molecule has 1 aliphatic rings. The zero-order valence-corrected chi connectivity index (χ0v) is 56.6. The summed E-state index contributed by atoms with van der Waals surface area (Å²) in [6, 6.07) is 69.8. The molecule has 1 nitrogen and oxygen atoms in total. The largest absolute Gasteiger partial charge is 0.241 e. The highest BCUT2D eigenvalue weighted by molar-refractivity contribution is 7.84. The molecule has 416 valence electrons. The first-order chi connectivity index (χ1) is 37.0. The van der Waals surface area contributed by atoms with Crippen LogP contribution in [0.2, 0.25) is 72.5 Å². The van der Waals surface area contributed by atoms with Gasteiger partial charge < -0.3 is 0 Å².